The van der Waals surface area contributed by atoms with Gasteiger partial charge in [-0.3, -0.25) is 4.90 Å². The van der Waals surface area contributed by atoms with Crippen LogP contribution in [0, 0.1) is 11.3 Å². The largest absolute Gasteiger partial charge is 0.373 e. The number of benzene rings is 3. The molecule has 0 aromatic heterocycles. The highest BCUT2D eigenvalue weighted by molar-refractivity contribution is 5.67. The summed E-state index contributed by atoms with van der Waals surface area (Å²) in [5.41, 5.74) is 4.73. The first kappa shape index (κ1) is 20.9. The van der Waals surface area contributed by atoms with E-state index in [2.05, 4.69) is 40.6 Å². The summed E-state index contributed by atoms with van der Waals surface area (Å²) in [7, 11) is 0. The second-order valence-corrected chi connectivity index (χ2v) is 7.84. The van der Waals surface area contributed by atoms with Gasteiger partial charge < -0.3 is 10.2 Å². The molecule has 4 rings (SSSR count). The van der Waals surface area contributed by atoms with Crippen molar-refractivity contribution in [3.63, 3.8) is 0 Å². The molecule has 1 saturated heterocycles. The smallest absolute Gasteiger partial charge is 0.150 e. The van der Waals surface area contributed by atoms with Crippen LogP contribution in [0.3, 0.4) is 0 Å². The first-order valence-electron chi connectivity index (χ1n) is 10.7. The van der Waals surface area contributed by atoms with Crippen LogP contribution in [-0.4, -0.2) is 37.4 Å². The van der Waals surface area contributed by atoms with E-state index in [1.807, 2.05) is 59.5 Å². The molecule has 5 heteroatoms. The highest BCUT2D eigenvalue weighted by Gasteiger charge is 2.22. The molecule has 3 aromatic rings. The zero-order chi connectivity index (χ0) is 21.6. The van der Waals surface area contributed by atoms with E-state index in [-0.39, 0.29) is 6.04 Å². The van der Waals surface area contributed by atoms with Crippen LogP contribution < -0.4 is 10.2 Å². The molecule has 4 nitrogen and oxygen atoms in total. The second kappa shape index (κ2) is 9.63. The molecule has 1 heterocycles. The number of nitrogens with one attached hydrogen (secondary N) is 1. The molecular weight excluding hydrogens is 387 g/mol. The van der Waals surface area contributed by atoms with E-state index in [1.54, 1.807) is 6.92 Å². The number of rotatable bonds is 6. The quantitative estimate of drug-likeness (QED) is 0.563. The minimum absolute atomic E-state index is 0.0750. The van der Waals surface area contributed by atoms with E-state index < -0.39 is 6.30 Å². The minimum atomic E-state index is -0.919. The standard InChI is InChI=1S/C26H27FN4/c1-20(27)30-14-16-31(17-15-30)24-13-12-23(19-28)25(18-24)29-26(21-8-4-2-5-9-21)22-10-6-3-7-11-22/h2-13,18,20,26,29H,14-17H2,1H3. The number of hydrogen-bond acceptors (Lipinski definition) is 4. The lowest BCUT2D eigenvalue weighted by molar-refractivity contribution is 0.0920. The number of hydrogen-bond donors (Lipinski definition) is 1. The van der Waals surface area contributed by atoms with Crippen molar-refractivity contribution in [3.8, 4) is 6.07 Å². The maximum absolute atomic E-state index is 13.6. The maximum atomic E-state index is 13.6. The lowest BCUT2D eigenvalue weighted by Crippen LogP contribution is -2.48. The third-order valence-electron chi connectivity index (χ3n) is 5.87. The summed E-state index contributed by atoms with van der Waals surface area (Å²) in [6, 6.07) is 28.6. The molecule has 1 aliphatic rings. The zero-order valence-corrected chi connectivity index (χ0v) is 17.7. The van der Waals surface area contributed by atoms with Crippen molar-refractivity contribution in [1.82, 2.24) is 4.90 Å². The Balaban J connectivity index is 1.63. The molecule has 1 fully saturated rings. The van der Waals surface area contributed by atoms with Crippen molar-refractivity contribution in [3.05, 3.63) is 95.6 Å². The van der Waals surface area contributed by atoms with Gasteiger partial charge in [0.25, 0.3) is 0 Å². The highest BCUT2D eigenvalue weighted by Crippen LogP contribution is 2.31. The summed E-state index contributed by atoms with van der Waals surface area (Å²) >= 11 is 0. The van der Waals surface area contributed by atoms with Crippen LogP contribution in [0.2, 0.25) is 0 Å². The van der Waals surface area contributed by atoms with Crippen LogP contribution in [0.5, 0.6) is 0 Å². The SMILES string of the molecule is CC(F)N1CCN(c2ccc(C#N)c(NC(c3ccccc3)c3ccccc3)c2)CC1. The Labute approximate surface area is 183 Å². The van der Waals surface area contributed by atoms with Gasteiger partial charge in [-0.05, 0) is 36.2 Å². The molecule has 0 bridgehead atoms. The fourth-order valence-electron chi connectivity index (χ4n) is 4.09. The van der Waals surface area contributed by atoms with Crippen LogP contribution in [0.15, 0.2) is 78.9 Å². The fraction of sp³-hybridized carbons (Fsp3) is 0.269. The van der Waals surface area contributed by atoms with Crippen molar-refractivity contribution in [2.45, 2.75) is 19.3 Å². The average Bonchev–Trinajstić information content (AvgIpc) is 2.83. The number of anilines is 2. The summed E-state index contributed by atoms with van der Waals surface area (Å²) in [6.45, 7) is 4.50. The van der Waals surface area contributed by atoms with E-state index in [9.17, 15) is 9.65 Å². The predicted molar refractivity (Wildman–Crippen MR) is 124 cm³/mol. The Morgan fingerprint density at radius 2 is 1.45 bits per heavy atom. The zero-order valence-electron chi connectivity index (χ0n) is 17.7. The molecule has 1 atom stereocenters. The molecule has 0 amide bonds. The van der Waals surface area contributed by atoms with Crippen molar-refractivity contribution >= 4 is 11.4 Å². The van der Waals surface area contributed by atoms with Gasteiger partial charge in [0.2, 0.25) is 0 Å². The van der Waals surface area contributed by atoms with Gasteiger partial charge in [0.15, 0.2) is 6.30 Å². The third kappa shape index (κ3) is 4.87. The number of halogens is 1. The number of nitrogens with zero attached hydrogens (tertiary/aromatic N) is 3. The summed E-state index contributed by atoms with van der Waals surface area (Å²) in [6.07, 6.45) is -0.919. The van der Waals surface area contributed by atoms with E-state index in [4.69, 9.17) is 0 Å². The fourth-order valence-corrected chi connectivity index (χ4v) is 4.09. The molecule has 0 radical (unpaired) electrons. The second-order valence-electron chi connectivity index (χ2n) is 7.84. The highest BCUT2D eigenvalue weighted by atomic mass is 19.1. The van der Waals surface area contributed by atoms with Gasteiger partial charge in [0, 0.05) is 31.9 Å². The minimum Gasteiger partial charge on any atom is -0.373 e. The summed E-state index contributed by atoms with van der Waals surface area (Å²) in [5.74, 6) is 0. The van der Waals surface area contributed by atoms with Crippen molar-refractivity contribution < 1.29 is 4.39 Å². The van der Waals surface area contributed by atoms with E-state index in [1.165, 1.54) is 0 Å². The van der Waals surface area contributed by atoms with Crippen LogP contribution in [0.4, 0.5) is 15.8 Å². The van der Waals surface area contributed by atoms with Crippen molar-refractivity contribution in [2.24, 2.45) is 0 Å². The molecule has 3 aromatic carbocycles. The maximum Gasteiger partial charge on any atom is 0.150 e. The molecule has 1 aliphatic heterocycles. The van der Waals surface area contributed by atoms with Gasteiger partial charge in [0.05, 0.1) is 17.3 Å². The van der Waals surface area contributed by atoms with Gasteiger partial charge in [0.1, 0.15) is 6.07 Å². The molecule has 158 valence electrons. The molecule has 1 unspecified atom stereocenters. The van der Waals surface area contributed by atoms with Crippen molar-refractivity contribution in [1.29, 1.82) is 5.26 Å². The van der Waals surface area contributed by atoms with Gasteiger partial charge in [-0.1, -0.05) is 60.7 Å². The average molecular weight is 415 g/mol. The monoisotopic (exact) mass is 414 g/mol. The Kier molecular flexibility index (Phi) is 6.49. The topological polar surface area (TPSA) is 42.3 Å². The molecule has 0 spiro atoms. The van der Waals surface area contributed by atoms with Gasteiger partial charge in [-0.25, -0.2) is 4.39 Å². The number of piperazine rings is 1. The predicted octanol–water partition coefficient (Wildman–Crippen LogP) is 5.20. The molecule has 1 N–H and O–H groups in total. The normalized spacial score (nSPS) is 15.5. The number of nitriles is 1. The summed E-state index contributed by atoms with van der Waals surface area (Å²) < 4.78 is 13.6. The first-order valence-corrected chi connectivity index (χ1v) is 10.7. The Hall–Kier alpha value is -3.36. The van der Waals surface area contributed by atoms with E-state index in [0.717, 1.165) is 35.6 Å². The van der Waals surface area contributed by atoms with Gasteiger partial charge >= 0.3 is 0 Å². The van der Waals surface area contributed by atoms with Gasteiger partial charge in [-0.15, -0.1) is 0 Å². The lowest BCUT2D eigenvalue weighted by atomic mass is 9.98. The Morgan fingerprint density at radius 3 is 1.97 bits per heavy atom. The molecule has 31 heavy (non-hydrogen) atoms. The molecule has 0 aliphatic carbocycles. The summed E-state index contributed by atoms with van der Waals surface area (Å²) in [4.78, 5) is 4.10. The first-order chi connectivity index (χ1) is 15.2. The number of alkyl halides is 1. The Morgan fingerprint density at radius 1 is 0.871 bits per heavy atom. The van der Waals surface area contributed by atoms with E-state index in [0.29, 0.717) is 18.7 Å². The van der Waals surface area contributed by atoms with Crippen LogP contribution in [-0.2, 0) is 0 Å². The lowest BCUT2D eigenvalue weighted by Gasteiger charge is -2.37. The van der Waals surface area contributed by atoms with Crippen molar-refractivity contribution in [2.75, 3.05) is 36.4 Å². The van der Waals surface area contributed by atoms with Gasteiger partial charge in [-0.2, -0.15) is 5.26 Å². The Bertz CT molecular complexity index is 983. The van der Waals surface area contributed by atoms with Crippen LogP contribution >= 0.6 is 0 Å². The molecule has 0 saturated carbocycles. The van der Waals surface area contributed by atoms with E-state index >= 15 is 0 Å². The molecular formula is C26H27FN4. The third-order valence-corrected chi connectivity index (χ3v) is 5.87. The van der Waals surface area contributed by atoms with Crippen LogP contribution in [0.25, 0.3) is 0 Å². The van der Waals surface area contributed by atoms with Crippen LogP contribution in [0.1, 0.15) is 29.7 Å². The summed E-state index contributed by atoms with van der Waals surface area (Å²) in [5, 5.41) is 13.3.